The maximum atomic E-state index is 13.3. The molecule has 0 atom stereocenters. The summed E-state index contributed by atoms with van der Waals surface area (Å²) in [4.78, 5) is 56.1. The minimum absolute atomic E-state index is 0.0454. The number of carbonyl (C=O) groups is 2. The quantitative estimate of drug-likeness (QED) is 0.548. The molecule has 0 radical (unpaired) electrons. The van der Waals surface area contributed by atoms with E-state index in [-0.39, 0.29) is 36.6 Å². The van der Waals surface area contributed by atoms with E-state index in [0.29, 0.717) is 38.0 Å². The van der Waals surface area contributed by atoms with E-state index in [1.165, 1.54) is 15.3 Å². The number of piperidine rings is 1. The number of urea groups is 1. The first kappa shape index (κ1) is 26.5. The van der Waals surface area contributed by atoms with Gasteiger partial charge >= 0.3 is 11.7 Å². The molecule has 39 heavy (non-hydrogen) atoms. The Bertz CT molecular complexity index is 1530. The fourth-order valence-corrected chi connectivity index (χ4v) is 5.68. The van der Waals surface area contributed by atoms with E-state index in [0.717, 1.165) is 34.4 Å². The van der Waals surface area contributed by atoms with Crippen LogP contribution in [-0.4, -0.2) is 56.5 Å². The topological polar surface area (TPSA) is 96.7 Å². The minimum Gasteiger partial charge on any atom is -0.341 e. The van der Waals surface area contributed by atoms with Crippen molar-refractivity contribution >= 4 is 17.6 Å². The lowest BCUT2D eigenvalue weighted by Crippen LogP contribution is -2.51. The Morgan fingerprint density at radius 2 is 1.69 bits per heavy atom. The number of aryl methyl sites for hydroxylation is 1. The average Bonchev–Trinajstić information content (AvgIpc) is 3.10. The number of benzene rings is 2. The van der Waals surface area contributed by atoms with Gasteiger partial charge in [-0.1, -0.05) is 36.4 Å². The van der Waals surface area contributed by atoms with Gasteiger partial charge in [0.25, 0.3) is 5.56 Å². The number of likely N-dealkylation sites (tertiary alicyclic amines) is 1. The van der Waals surface area contributed by atoms with Gasteiger partial charge in [0.15, 0.2) is 0 Å². The molecular weight excluding hydrogens is 494 g/mol. The van der Waals surface area contributed by atoms with Gasteiger partial charge in [-0.2, -0.15) is 0 Å². The van der Waals surface area contributed by atoms with Crippen molar-refractivity contribution in [3.63, 3.8) is 0 Å². The van der Waals surface area contributed by atoms with Crippen LogP contribution in [0.4, 0.5) is 10.5 Å². The second-order valence-corrected chi connectivity index (χ2v) is 10.4. The summed E-state index contributed by atoms with van der Waals surface area (Å²) in [6, 6.07) is 13.5. The van der Waals surface area contributed by atoms with E-state index in [9.17, 15) is 19.2 Å². The molecule has 3 amide bonds. The zero-order chi connectivity index (χ0) is 27.7. The summed E-state index contributed by atoms with van der Waals surface area (Å²) in [5.74, 6) is -0.170. The molecule has 9 nitrogen and oxygen atoms in total. The number of fused-ring (bicyclic) bond motifs is 1. The van der Waals surface area contributed by atoms with Crippen molar-refractivity contribution in [3.05, 3.63) is 86.2 Å². The van der Waals surface area contributed by atoms with Crippen molar-refractivity contribution in [2.45, 2.75) is 59.2 Å². The summed E-state index contributed by atoms with van der Waals surface area (Å²) in [7, 11) is 0. The van der Waals surface area contributed by atoms with Crippen molar-refractivity contribution in [1.29, 1.82) is 0 Å². The summed E-state index contributed by atoms with van der Waals surface area (Å²) >= 11 is 0. The summed E-state index contributed by atoms with van der Waals surface area (Å²) < 4.78 is 2.54. The van der Waals surface area contributed by atoms with Crippen LogP contribution in [0.1, 0.15) is 36.5 Å². The van der Waals surface area contributed by atoms with Crippen LogP contribution in [0.15, 0.2) is 58.3 Å². The monoisotopic (exact) mass is 529 g/mol. The molecule has 1 N–H and O–H groups in total. The van der Waals surface area contributed by atoms with E-state index < -0.39 is 5.69 Å². The number of para-hydroxylation sites is 1. The second kappa shape index (κ2) is 10.9. The second-order valence-electron chi connectivity index (χ2n) is 10.4. The summed E-state index contributed by atoms with van der Waals surface area (Å²) in [6.07, 6.45) is 3.66. The molecule has 9 heteroatoms. The van der Waals surface area contributed by atoms with Gasteiger partial charge in [-0.3, -0.25) is 18.7 Å². The highest BCUT2D eigenvalue weighted by Crippen LogP contribution is 2.25. The smallest absolute Gasteiger partial charge is 0.331 e. The van der Waals surface area contributed by atoms with Crippen LogP contribution >= 0.6 is 0 Å². The van der Waals surface area contributed by atoms with Gasteiger partial charge in [0.05, 0.1) is 5.56 Å². The Kier molecular flexibility index (Phi) is 7.41. The molecule has 3 aromatic rings. The number of anilines is 1. The van der Waals surface area contributed by atoms with Gasteiger partial charge in [0, 0.05) is 44.1 Å². The van der Waals surface area contributed by atoms with E-state index >= 15 is 0 Å². The Morgan fingerprint density at radius 1 is 0.949 bits per heavy atom. The van der Waals surface area contributed by atoms with E-state index in [1.54, 1.807) is 11.8 Å². The van der Waals surface area contributed by atoms with Crippen LogP contribution in [-0.2, 0) is 24.3 Å². The zero-order valence-corrected chi connectivity index (χ0v) is 22.8. The summed E-state index contributed by atoms with van der Waals surface area (Å²) in [5.41, 5.74) is 4.35. The maximum Gasteiger partial charge on any atom is 0.331 e. The van der Waals surface area contributed by atoms with Gasteiger partial charge in [-0.15, -0.1) is 0 Å². The van der Waals surface area contributed by atoms with Crippen LogP contribution in [0.5, 0.6) is 0 Å². The van der Waals surface area contributed by atoms with Gasteiger partial charge < -0.3 is 15.1 Å². The average molecular weight is 530 g/mol. The molecule has 1 saturated heterocycles. The molecule has 2 aliphatic heterocycles. The van der Waals surface area contributed by atoms with Gasteiger partial charge in [0.2, 0.25) is 5.91 Å². The van der Waals surface area contributed by atoms with Crippen molar-refractivity contribution in [2.24, 2.45) is 0 Å². The van der Waals surface area contributed by atoms with Crippen LogP contribution in [0, 0.1) is 13.8 Å². The number of rotatable bonds is 5. The van der Waals surface area contributed by atoms with Gasteiger partial charge in [0.1, 0.15) is 6.54 Å². The normalized spacial score (nSPS) is 16.0. The summed E-state index contributed by atoms with van der Waals surface area (Å²) in [6.45, 7) is 7.42. The Labute approximate surface area is 227 Å². The largest absolute Gasteiger partial charge is 0.341 e. The first-order valence-corrected chi connectivity index (χ1v) is 13.6. The Morgan fingerprint density at radius 3 is 2.44 bits per heavy atom. The molecule has 0 saturated carbocycles. The van der Waals surface area contributed by atoms with Crippen molar-refractivity contribution < 1.29 is 9.59 Å². The third kappa shape index (κ3) is 5.13. The molecule has 3 heterocycles. The van der Waals surface area contributed by atoms with Crippen LogP contribution in [0.3, 0.4) is 0 Å². The molecule has 204 valence electrons. The standard InChI is InChI=1S/C30H35N5O4/c1-4-34-28(37)25(24-10-7-8-20(2)21(24)3)18-33(30(34)39)19-27(36)32-15-13-23(14-16-32)35-17-12-22-9-5-6-11-26(22)31-29(35)38/h5-11,18,23H,4,12-17,19H2,1-3H3,(H,31,38). The Balaban J connectivity index is 1.30. The predicted octanol–water partition coefficient (Wildman–Crippen LogP) is 3.39. The van der Waals surface area contributed by atoms with Crippen LogP contribution in [0.25, 0.3) is 11.1 Å². The first-order chi connectivity index (χ1) is 18.8. The number of nitrogens with zero attached hydrogens (tertiary/aromatic N) is 4. The number of carbonyl (C=O) groups excluding carboxylic acids is 2. The predicted molar refractivity (Wildman–Crippen MR) is 151 cm³/mol. The molecule has 0 spiro atoms. The summed E-state index contributed by atoms with van der Waals surface area (Å²) in [5, 5.41) is 3.02. The SMILES string of the molecule is CCn1c(=O)c(-c2cccc(C)c2C)cn(CC(=O)N2CCC(N3CCc4ccccc4NC3=O)CC2)c1=O. The number of amides is 3. The number of nitrogens with one attached hydrogen (secondary N) is 1. The lowest BCUT2D eigenvalue weighted by molar-refractivity contribution is -0.133. The Hall–Kier alpha value is -4.14. The van der Waals surface area contributed by atoms with E-state index in [4.69, 9.17) is 0 Å². The molecule has 1 aromatic heterocycles. The van der Waals surface area contributed by atoms with E-state index in [2.05, 4.69) is 5.32 Å². The molecule has 2 aliphatic rings. The van der Waals surface area contributed by atoms with Crippen molar-refractivity contribution in [2.75, 3.05) is 25.0 Å². The molecule has 1 fully saturated rings. The zero-order valence-electron chi connectivity index (χ0n) is 22.8. The molecule has 0 bridgehead atoms. The molecule has 5 rings (SSSR count). The first-order valence-electron chi connectivity index (χ1n) is 13.6. The highest BCUT2D eigenvalue weighted by molar-refractivity contribution is 5.91. The van der Waals surface area contributed by atoms with Crippen molar-refractivity contribution in [1.82, 2.24) is 18.9 Å². The fraction of sp³-hybridized carbons (Fsp3) is 0.400. The molecule has 2 aromatic carbocycles. The third-order valence-corrected chi connectivity index (χ3v) is 8.15. The highest BCUT2D eigenvalue weighted by Gasteiger charge is 2.31. The third-order valence-electron chi connectivity index (χ3n) is 8.15. The molecule has 0 unspecified atom stereocenters. The fourth-order valence-electron chi connectivity index (χ4n) is 5.68. The van der Waals surface area contributed by atoms with Crippen LogP contribution in [0.2, 0.25) is 0 Å². The number of aromatic nitrogens is 2. The van der Waals surface area contributed by atoms with E-state index in [1.807, 2.05) is 61.2 Å². The number of hydrogen-bond donors (Lipinski definition) is 1. The molecular formula is C30H35N5O4. The van der Waals surface area contributed by atoms with Crippen molar-refractivity contribution in [3.8, 4) is 11.1 Å². The lowest BCUT2D eigenvalue weighted by Gasteiger charge is -2.38. The maximum absolute atomic E-state index is 13.3. The van der Waals surface area contributed by atoms with Crippen LogP contribution < -0.4 is 16.6 Å². The van der Waals surface area contributed by atoms with Gasteiger partial charge in [-0.05, 0) is 68.4 Å². The highest BCUT2D eigenvalue weighted by atomic mass is 16.2. The number of hydrogen-bond acceptors (Lipinski definition) is 4. The molecule has 0 aliphatic carbocycles. The van der Waals surface area contributed by atoms with Gasteiger partial charge in [-0.25, -0.2) is 9.59 Å². The lowest BCUT2D eigenvalue weighted by atomic mass is 9.99. The minimum atomic E-state index is -0.486.